The third-order valence-electron chi connectivity index (χ3n) is 2.89. The number of benzene rings is 1. The lowest BCUT2D eigenvalue weighted by Crippen LogP contribution is -2.31. The number of hydrogen-bond donors (Lipinski definition) is 1. The van der Waals surface area contributed by atoms with Crippen LogP contribution in [0.3, 0.4) is 0 Å². The molecule has 2 unspecified atom stereocenters. The summed E-state index contributed by atoms with van der Waals surface area (Å²) in [5, 5.41) is 3.53. The zero-order valence-electron chi connectivity index (χ0n) is 10.8. The molecule has 0 saturated heterocycles. The Balaban J connectivity index is 2.78. The molecule has 0 aliphatic rings. The molecular formula is C14H23NO. The van der Waals surface area contributed by atoms with Crippen LogP contribution in [0, 0.1) is 6.92 Å². The molecule has 0 radical (unpaired) electrons. The van der Waals surface area contributed by atoms with Gasteiger partial charge in [0.05, 0.1) is 12.1 Å². The van der Waals surface area contributed by atoms with Crippen molar-refractivity contribution in [3.8, 4) is 0 Å². The van der Waals surface area contributed by atoms with E-state index in [4.69, 9.17) is 4.74 Å². The molecule has 0 aliphatic carbocycles. The monoisotopic (exact) mass is 221 g/mol. The first-order valence-corrected chi connectivity index (χ1v) is 6.01. The lowest BCUT2D eigenvalue weighted by atomic mass is 10.0. The van der Waals surface area contributed by atoms with Crippen molar-refractivity contribution in [3.63, 3.8) is 0 Å². The molecule has 0 bridgehead atoms. The Morgan fingerprint density at radius 2 is 1.88 bits per heavy atom. The fourth-order valence-electron chi connectivity index (χ4n) is 1.76. The minimum atomic E-state index is 0.189. The summed E-state index contributed by atoms with van der Waals surface area (Å²) in [4.78, 5) is 0. The van der Waals surface area contributed by atoms with Crippen LogP contribution in [0.5, 0.6) is 0 Å². The quantitative estimate of drug-likeness (QED) is 0.797. The Kier molecular flexibility index (Phi) is 5.50. The Hall–Kier alpha value is -0.860. The molecule has 90 valence electrons. The van der Waals surface area contributed by atoms with Crippen LogP contribution in [0.1, 0.15) is 37.4 Å². The van der Waals surface area contributed by atoms with Gasteiger partial charge in [-0.15, -0.1) is 0 Å². The smallest absolute Gasteiger partial charge is 0.0737 e. The molecule has 2 heteroatoms. The van der Waals surface area contributed by atoms with Gasteiger partial charge in [-0.25, -0.2) is 0 Å². The van der Waals surface area contributed by atoms with Gasteiger partial charge in [0, 0.05) is 7.11 Å². The van der Waals surface area contributed by atoms with E-state index in [2.05, 4.69) is 50.4 Å². The van der Waals surface area contributed by atoms with Crippen LogP contribution >= 0.6 is 0 Å². The van der Waals surface area contributed by atoms with E-state index in [-0.39, 0.29) is 12.1 Å². The summed E-state index contributed by atoms with van der Waals surface area (Å²) in [5.41, 5.74) is 2.59. The number of hydrogen-bond acceptors (Lipinski definition) is 2. The van der Waals surface area contributed by atoms with E-state index in [9.17, 15) is 0 Å². The van der Waals surface area contributed by atoms with Crippen LogP contribution in [0.4, 0.5) is 0 Å². The summed E-state index contributed by atoms with van der Waals surface area (Å²) >= 11 is 0. The molecule has 2 atom stereocenters. The lowest BCUT2D eigenvalue weighted by molar-refractivity contribution is 0.0830. The van der Waals surface area contributed by atoms with Gasteiger partial charge in [-0.05, 0) is 32.4 Å². The predicted molar refractivity (Wildman–Crippen MR) is 68.7 cm³/mol. The first kappa shape index (κ1) is 13.2. The maximum absolute atomic E-state index is 5.43. The Morgan fingerprint density at radius 1 is 1.25 bits per heavy atom. The number of rotatable bonds is 6. The van der Waals surface area contributed by atoms with Gasteiger partial charge in [-0.2, -0.15) is 0 Å². The van der Waals surface area contributed by atoms with Crippen molar-refractivity contribution in [2.45, 2.75) is 39.3 Å². The molecule has 1 rings (SSSR count). The molecule has 2 nitrogen and oxygen atoms in total. The molecule has 0 spiro atoms. The SMILES string of the molecule is CCCNC(c1ccc(C)cc1)C(C)OC. The van der Waals surface area contributed by atoms with Gasteiger partial charge in [-0.3, -0.25) is 0 Å². The molecule has 0 aliphatic heterocycles. The second-order valence-corrected chi connectivity index (χ2v) is 4.28. The summed E-state index contributed by atoms with van der Waals surface area (Å²) in [7, 11) is 1.76. The maximum atomic E-state index is 5.43. The van der Waals surface area contributed by atoms with Crippen molar-refractivity contribution >= 4 is 0 Å². The van der Waals surface area contributed by atoms with Gasteiger partial charge in [0.1, 0.15) is 0 Å². The first-order chi connectivity index (χ1) is 7.69. The van der Waals surface area contributed by atoms with E-state index in [1.165, 1.54) is 11.1 Å². The van der Waals surface area contributed by atoms with Crippen molar-refractivity contribution < 1.29 is 4.74 Å². The highest BCUT2D eigenvalue weighted by Gasteiger charge is 2.17. The van der Waals surface area contributed by atoms with Gasteiger partial charge in [0.15, 0.2) is 0 Å². The molecule has 0 saturated carbocycles. The summed E-state index contributed by atoms with van der Waals surface area (Å²) in [6.07, 6.45) is 1.33. The standard InChI is InChI=1S/C14H23NO/c1-5-10-15-14(12(3)16-4)13-8-6-11(2)7-9-13/h6-9,12,14-15H,5,10H2,1-4H3. The van der Waals surface area contributed by atoms with E-state index in [0.29, 0.717) is 0 Å². The van der Waals surface area contributed by atoms with E-state index in [1.54, 1.807) is 7.11 Å². The zero-order valence-corrected chi connectivity index (χ0v) is 10.8. The van der Waals surface area contributed by atoms with Gasteiger partial charge in [0.2, 0.25) is 0 Å². The van der Waals surface area contributed by atoms with Crippen LogP contribution in [0.2, 0.25) is 0 Å². The van der Waals surface area contributed by atoms with Gasteiger partial charge in [0.25, 0.3) is 0 Å². The van der Waals surface area contributed by atoms with E-state index >= 15 is 0 Å². The number of aryl methyl sites for hydroxylation is 1. The molecule has 1 aromatic carbocycles. The number of methoxy groups -OCH3 is 1. The predicted octanol–water partition coefficient (Wildman–Crippen LogP) is 3.07. The first-order valence-electron chi connectivity index (χ1n) is 6.01. The lowest BCUT2D eigenvalue weighted by Gasteiger charge is -2.24. The van der Waals surface area contributed by atoms with Crippen molar-refractivity contribution in [1.29, 1.82) is 0 Å². The Labute approximate surface area is 99.0 Å². The minimum Gasteiger partial charge on any atom is -0.380 e. The summed E-state index contributed by atoms with van der Waals surface area (Å²) in [5.74, 6) is 0. The summed E-state index contributed by atoms with van der Waals surface area (Å²) < 4.78 is 5.43. The Bertz CT molecular complexity index is 294. The highest BCUT2D eigenvalue weighted by Crippen LogP contribution is 2.19. The average molecular weight is 221 g/mol. The Morgan fingerprint density at radius 3 is 2.38 bits per heavy atom. The van der Waals surface area contributed by atoms with Crippen LogP contribution in [-0.2, 0) is 4.74 Å². The van der Waals surface area contributed by atoms with Gasteiger partial charge >= 0.3 is 0 Å². The highest BCUT2D eigenvalue weighted by atomic mass is 16.5. The van der Waals surface area contributed by atoms with Crippen molar-refractivity contribution in [2.24, 2.45) is 0 Å². The van der Waals surface area contributed by atoms with Crippen molar-refractivity contribution in [2.75, 3.05) is 13.7 Å². The highest BCUT2D eigenvalue weighted by molar-refractivity contribution is 5.24. The fourth-order valence-corrected chi connectivity index (χ4v) is 1.76. The number of ether oxygens (including phenoxy) is 1. The van der Waals surface area contributed by atoms with Crippen LogP contribution < -0.4 is 5.32 Å². The summed E-state index contributed by atoms with van der Waals surface area (Å²) in [6.45, 7) is 7.41. The summed E-state index contributed by atoms with van der Waals surface area (Å²) in [6, 6.07) is 8.94. The van der Waals surface area contributed by atoms with Crippen LogP contribution in [0.15, 0.2) is 24.3 Å². The number of nitrogens with one attached hydrogen (secondary N) is 1. The largest absolute Gasteiger partial charge is 0.380 e. The molecule has 0 heterocycles. The van der Waals surface area contributed by atoms with Crippen LogP contribution in [0.25, 0.3) is 0 Å². The van der Waals surface area contributed by atoms with E-state index in [1.807, 2.05) is 0 Å². The third kappa shape index (κ3) is 3.62. The zero-order chi connectivity index (χ0) is 12.0. The molecule has 1 aromatic rings. The normalized spacial score (nSPS) is 14.8. The molecule has 0 amide bonds. The van der Waals surface area contributed by atoms with E-state index < -0.39 is 0 Å². The second kappa shape index (κ2) is 6.66. The van der Waals surface area contributed by atoms with E-state index in [0.717, 1.165) is 13.0 Å². The minimum absolute atomic E-state index is 0.189. The van der Waals surface area contributed by atoms with Gasteiger partial charge < -0.3 is 10.1 Å². The van der Waals surface area contributed by atoms with Crippen molar-refractivity contribution in [3.05, 3.63) is 35.4 Å². The molecule has 16 heavy (non-hydrogen) atoms. The maximum Gasteiger partial charge on any atom is 0.0737 e. The average Bonchev–Trinajstić information content (AvgIpc) is 2.31. The topological polar surface area (TPSA) is 21.3 Å². The van der Waals surface area contributed by atoms with Crippen LogP contribution in [-0.4, -0.2) is 19.8 Å². The van der Waals surface area contributed by atoms with Crippen molar-refractivity contribution in [1.82, 2.24) is 5.32 Å². The molecule has 0 fully saturated rings. The molecule has 1 N–H and O–H groups in total. The molecule has 0 aromatic heterocycles. The van der Waals surface area contributed by atoms with Gasteiger partial charge in [-0.1, -0.05) is 36.8 Å². The third-order valence-corrected chi connectivity index (χ3v) is 2.89. The molecular weight excluding hydrogens is 198 g/mol. The fraction of sp³-hybridized carbons (Fsp3) is 0.571. The second-order valence-electron chi connectivity index (χ2n) is 4.28.